The number of anilines is 1. The summed E-state index contributed by atoms with van der Waals surface area (Å²) < 4.78 is 13.4. The molecule has 0 saturated heterocycles. The van der Waals surface area contributed by atoms with E-state index in [0.717, 1.165) is 5.56 Å². The molecule has 0 saturated carbocycles. The van der Waals surface area contributed by atoms with Gasteiger partial charge in [0.1, 0.15) is 11.6 Å². The number of amides is 1. The van der Waals surface area contributed by atoms with E-state index in [1.807, 2.05) is 19.9 Å². The number of terminal acetylenes is 1. The Morgan fingerprint density at radius 1 is 1.33 bits per heavy atom. The molecule has 0 aliphatic rings. The van der Waals surface area contributed by atoms with Gasteiger partial charge in [-0.1, -0.05) is 31.9 Å². The van der Waals surface area contributed by atoms with Gasteiger partial charge >= 0.3 is 0 Å². The Kier molecular flexibility index (Phi) is 5.54. The zero-order valence-electron chi connectivity index (χ0n) is 13.8. The normalized spacial score (nSPS) is 10.8. The number of hydrogen-bond acceptors (Lipinski definition) is 3. The van der Waals surface area contributed by atoms with Crippen LogP contribution in [0.1, 0.15) is 29.8 Å². The minimum Gasteiger partial charge on any atom is -0.369 e. The molecule has 1 amide bonds. The third-order valence-corrected chi connectivity index (χ3v) is 3.69. The van der Waals surface area contributed by atoms with E-state index in [1.54, 1.807) is 18.2 Å². The predicted octanol–water partition coefficient (Wildman–Crippen LogP) is 2.97. The second-order valence-corrected chi connectivity index (χ2v) is 6.07. The fourth-order valence-electron chi connectivity index (χ4n) is 2.19. The summed E-state index contributed by atoms with van der Waals surface area (Å²) in [5.41, 5.74) is 1.08. The third-order valence-electron chi connectivity index (χ3n) is 3.69. The van der Waals surface area contributed by atoms with Gasteiger partial charge in [0, 0.05) is 18.2 Å². The number of carbonyl (C=O) groups is 1. The molecule has 1 heterocycles. The van der Waals surface area contributed by atoms with Crippen LogP contribution in [0, 0.1) is 18.2 Å². The van der Waals surface area contributed by atoms with Gasteiger partial charge < -0.3 is 10.6 Å². The first kappa shape index (κ1) is 17.5. The van der Waals surface area contributed by atoms with Crippen molar-refractivity contribution in [2.75, 3.05) is 18.4 Å². The zero-order valence-corrected chi connectivity index (χ0v) is 13.8. The van der Waals surface area contributed by atoms with Crippen LogP contribution in [0.15, 0.2) is 42.6 Å². The highest BCUT2D eigenvalue weighted by Crippen LogP contribution is 2.24. The monoisotopic (exact) mass is 325 g/mol. The van der Waals surface area contributed by atoms with E-state index in [2.05, 4.69) is 21.5 Å². The molecule has 124 valence electrons. The van der Waals surface area contributed by atoms with Crippen LogP contribution in [-0.4, -0.2) is 24.0 Å². The van der Waals surface area contributed by atoms with E-state index < -0.39 is 0 Å². The molecule has 0 aliphatic carbocycles. The molecule has 0 unspecified atom stereocenters. The van der Waals surface area contributed by atoms with E-state index in [0.29, 0.717) is 17.9 Å². The molecule has 2 aromatic rings. The van der Waals surface area contributed by atoms with Gasteiger partial charge in [-0.25, -0.2) is 9.37 Å². The van der Waals surface area contributed by atoms with E-state index in [9.17, 15) is 9.18 Å². The topological polar surface area (TPSA) is 54.0 Å². The Balaban J connectivity index is 1.99. The van der Waals surface area contributed by atoms with Crippen molar-refractivity contribution in [2.24, 2.45) is 0 Å². The molecule has 2 N–H and O–H groups in total. The average Bonchev–Trinajstić information content (AvgIpc) is 2.58. The summed E-state index contributed by atoms with van der Waals surface area (Å²) in [6.45, 7) is 4.81. The molecule has 0 aliphatic heterocycles. The van der Waals surface area contributed by atoms with Crippen molar-refractivity contribution in [1.82, 2.24) is 10.3 Å². The van der Waals surface area contributed by atoms with Crippen LogP contribution < -0.4 is 10.6 Å². The van der Waals surface area contributed by atoms with Crippen molar-refractivity contribution in [3.05, 3.63) is 59.5 Å². The van der Waals surface area contributed by atoms with Gasteiger partial charge in [0.2, 0.25) is 0 Å². The molecular weight excluding hydrogens is 305 g/mol. The quantitative estimate of drug-likeness (QED) is 0.803. The number of pyridine rings is 1. The minimum absolute atomic E-state index is 0.181. The molecule has 1 aromatic heterocycles. The zero-order chi connectivity index (χ0) is 17.6. The maximum atomic E-state index is 13.4. The lowest BCUT2D eigenvalue weighted by atomic mass is 9.84. The van der Waals surface area contributed by atoms with Gasteiger partial charge in [0.25, 0.3) is 5.91 Å². The van der Waals surface area contributed by atoms with Gasteiger partial charge in [-0.15, -0.1) is 6.42 Å². The molecule has 4 nitrogen and oxygen atoms in total. The minimum atomic E-state index is -0.271. The Bertz CT molecular complexity index is 748. The lowest BCUT2D eigenvalue weighted by Crippen LogP contribution is -2.28. The number of benzene rings is 1. The second kappa shape index (κ2) is 7.60. The van der Waals surface area contributed by atoms with Gasteiger partial charge in [-0.05, 0) is 29.8 Å². The van der Waals surface area contributed by atoms with E-state index in [-0.39, 0.29) is 23.7 Å². The van der Waals surface area contributed by atoms with Gasteiger partial charge in [0.15, 0.2) is 0 Å². The van der Waals surface area contributed by atoms with Crippen LogP contribution in [0.3, 0.4) is 0 Å². The smallest absolute Gasteiger partial charge is 0.253 e. The molecule has 0 bridgehead atoms. The first-order valence-corrected chi connectivity index (χ1v) is 7.60. The van der Waals surface area contributed by atoms with Crippen LogP contribution in [0.4, 0.5) is 10.2 Å². The number of hydrogen-bond donors (Lipinski definition) is 2. The summed E-state index contributed by atoms with van der Waals surface area (Å²) in [4.78, 5) is 16.0. The lowest BCUT2D eigenvalue weighted by molar-refractivity contribution is 0.0958. The number of nitrogens with zero attached hydrogens (tertiary/aromatic N) is 1. The van der Waals surface area contributed by atoms with Gasteiger partial charge in [-0.3, -0.25) is 4.79 Å². The summed E-state index contributed by atoms with van der Waals surface area (Å²) in [5, 5.41) is 5.79. The first-order chi connectivity index (χ1) is 11.4. The Morgan fingerprint density at radius 3 is 2.75 bits per heavy atom. The summed E-state index contributed by atoms with van der Waals surface area (Å²) in [6.07, 6.45) is 6.59. The van der Waals surface area contributed by atoms with E-state index in [4.69, 9.17) is 6.42 Å². The molecule has 0 atom stereocenters. The third kappa shape index (κ3) is 4.56. The number of aromatic nitrogens is 1. The maximum Gasteiger partial charge on any atom is 0.253 e. The first-order valence-electron chi connectivity index (χ1n) is 7.60. The molecule has 0 fully saturated rings. The lowest BCUT2D eigenvalue weighted by Gasteiger charge is -2.26. The summed E-state index contributed by atoms with van der Waals surface area (Å²) >= 11 is 0. The van der Waals surface area contributed by atoms with Crippen molar-refractivity contribution < 1.29 is 9.18 Å². The molecule has 0 radical (unpaired) electrons. The van der Waals surface area contributed by atoms with E-state index in [1.165, 1.54) is 18.3 Å². The Hall–Kier alpha value is -2.87. The molecule has 2 rings (SSSR count). The van der Waals surface area contributed by atoms with Crippen LogP contribution in [0.2, 0.25) is 0 Å². The molecule has 1 aromatic carbocycles. The van der Waals surface area contributed by atoms with Crippen LogP contribution in [0.5, 0.6) is 0 Å². The fourth-order valence-corrected chi connectivity index (χ4v) is 2.19. The highest BCUT2D eigenvalue weighted by atomic mass is 19.1. The molecular formula is C19H20FN3O. The van der Waals surface area contributed by atoms with Crippen molar-refractivity contribution >= 4 is 11.7 Å². The second-order valence-electron chi connectivity index (χ2n) is 6.07. The highest BCUT2D eigenvalue weighted by Gasteiger charge is 2.21. The number of nitrogens with one attached hydrogen (secondary N) is 2. The van der Waals surface area contributed by atoms with Gasteiger partial charge in [0.05, 0.1) is 12.1 Å². The number of halogens is 1. The summed E-state index contributed by atoms with van der Waals surface area (Å²) in [7, 11) is 0. The predicted molar refractivity (Wildman–Crippen MR) is 93.3 cm³/mol. The number of carbonyl (C=O) groups excluding carboxylic acids is 1. The highest BCUT2D eigenvalue weighted by molar-refractivity contribution is 5.94. The van der Waals surface area contributed by atoms with Crippen molar-refractivity contribution in [1.29, 1.82) is 0 Å². The molecule has 5 heteroatoms. The van der Waals surface area contributed by atoms with Crippen LogP contribution in [0.25, 0.3) is 0 Å². The summed E-state index contributed by atoms with van der Waals surface area (Å²) in [6, 6.07) is 9.97. The van der Waals surface area contributed by atoms with Crippen molar-refractivity contribution in [3.63, 3.8) is 0 Å². The standard InChI is InChI=1S/C19H20FN3O/c1-4-10-21-18(24)14-8-9-17(22-12-14)23-13-19(2,3)15-6-5-7-16(20)11-15/h1,5-9,11-12H,10,13H2,2-3H3,(H,21,24)(H,22,23). The number of rotatable bonds is 6. The van der Waals surface area contributed by atoms with Crippen LogP contribution >= 0.6 is 0 Å². The molecule has 0 spiro atoms. The largest absolute Gasteiger partial charge is 0.369 e. The van der Waals surface area contributed by atoms with Crippen molar-refractivity contribution in [3.8, 4) is 12.3 Å². The fraction of sp³-hybridized carbons (Fsp3) is 0.263. The summed E-state index contributed by atoms with van der Waals surface area (Å²) in [5.74, 6) is 2.48. The van der Waals surface area contributed by atoms with E-state index >= 15 is 0 Å². The maximum absolute atomic E-state index is 13.4. The van der Waals surface area contributed by atoms with Crippen molar-refractivity contribution in [2.45, 2.75) is 19.3 Å². The average molecular weight is 325 g/mol. The molecule has 24 heavy (non-hydrogen) atoms. The Morgan fingerprint density at radius 2 is 2.12 bits per heavy atom. The van der Waals surface area contributed by atoms with Gasteiger partial charge in [-0.2, -0.15) is 0 Å². The van der Waals surface area contributed by atoms with Crippen LogP contribution in [-0.2, 0) is 5.41 Å². The SMILES string of the molecule is C#CCNC(=O)c1ccc(NCC(C)(C)c2cccc(F)c2)nc1. The Labute approximate surface area is 141 Å².